The summed E-state index contributed by atoms with van der Waals surface area (Å²) in [6, 6.07) is 26.3. The number of rotatable bonds is 5. The summed E-state index contributed by atoms with van der Waals surface area (Å²) in [6.07, 6.45) is 1.62. The molecule has 1 aromatic heterocycles. The third-order valence-corrected chi connectivity index (χ3v) is 6.37. The number of furan rings is 1. The molecule has 0 bridgehead atoms. The summed E-state index contributed by atoms with van der Waals surface area (Å²) >= 11 is 6.05. The first-order valence-electron chi connectivity index (χ1n) is 11.7. The molecule has 6 rings (SSSR count). The zero-order valence-corrected chi connectivity index (χ0v) is 20.8. The summed E-state index contributed by atoms with van der Waals surface area (Å²) in [4.78, 5) is 26.4. The monoisotopic (exact) mass is 522 g/mol. The van der Waals surface area contributed by atoms with Crippen molar-refractivity contribution in [3.8, 4) is 28.6 Å². The molecule has 186 valence electrons. The molecule has 0 saturated carbocycles. The van der Waals surface area contributed by atoms with Gasteiger partial charge in [-0.05, 0) is 54.1 Å². The van der Waals surface area contributed by atoms with Gasteiger partial charge in [-0.2, -0.15) is 0 Å². The van der Waals surface area contributed by atoms with E-state index in [2.05, 4.69) is 0 Å². The topological polar surface area (TPSA) is 75.0 Å². The minimum atomic E-state index is -0.616. The minimum Gasteiger partial charge on any atom is -0.497 e. The summed E-state index contributed by atoms with van der Waals surface area (Å²) in [5.41, 5.74) is 2.63. The van der Waals surface area contributed by atoms with Crippen LogP contribution in [0.5, 0.6) is 17.2 Å². The maximum Gasteiger partial charge on any atom is 0.348 e. The van der Waals surface area contributed by atoms with E-state index in [0.717, 1.165) is 11.1 Å². The van der Waals surface area contributed by atoms with Gasteiger partial charge in [-0.15, -0.1) is 0 Å². The maximum absolute atomic E-state index is 13.5. The van der Waals surface area contributed by atoms with Gasteiger partial charge in [-0.1, -0.05) is 54.1 Å². The van der Waals surface area contributed by atoms with E-state index in [9.17, 15) is 9.59 Å². The van der Waals surface area contributed by atoms with Gasteiger partial charge in [0.2, 0.25) is 5.78 Å². The summed E-state index contributed by atoms with van der Waals surface area (Å²) in [6.45, 7) is 0. The maximum atomic E-state index is 13.5. The van der Waals surface area contributed by atoms with Gasteiger partial charge in [0.05, 0.1) is 12.7 Å². The molecule has 5 aromatic rings. The number of Topliss-reactive ketones (excluding diaryl/α,β-unsaturated/α-hetero) is 1. The van der Waals surface area contributed by atoms with Gasteiger partial charge in [-0.3, -0.25) is 4.79 Å². The van der Waals surface area contributed by atoms with E-state index in [4.69, 9.17) is 30.2 Å². The number of methoxy groups -OCH3 is 1. The lowest BCUT2D eigenvalue weighted by Gasteiger charge is -2.07. The first-order chi connectivity index (χ1) is 18.5. The fraction of sp³-hybridized carbons (Fsp3) is 0.0323. The minimum absolute atomic E-state index is 0.157. The number of fused-ring (bicyclic) bond motifs is 2. The Balaban J connectivity index is 1.34. The number of carbonyl (C=O) groups excluding carboxylic acids is 2. The Bertz CT molecular complexity index is 1750. The Morgan fingerprint density at radius 2 is 1.71 bits per heavy atom. The highest BCUT2D eigenvalue weighted by Gasteiger charge is 2.29. The first kappa shape index (κ1) is 23.6. The van der Waals surface area contributed by atoms with Crippen LogP contribution in [0, 0.1) is 0 Å². The Hall–Kier alpha value is -4.81. The smallest absolute Gasteiger partial charge is 0.348 e. The van der Waals surface area contributed by atoms with E-state index < -0.39 is 5.97 Å². The molecule has 0 amide bonds. The van der Waals surface area contributed by atoms with Gasteiger partial charge in [0.25, 0.3) is 0 Å². The van der Waals surface area contributed by atoms with Crippen LogP contribution in [0.4, 0.5) is 0 Å². The molecular formula is C31H19ClO6. The van der Waals surface area contributed by atoms with Crippen LogP contribution in [0.3, 0.4) is 0 Å². The van der Waals surface area contributed by atoms with Crippen LogP contribution in [-0.2, 0) is 0 Å². The van der Waals surface area contributed by atoms with Crippen LogP contribution in [0.25, 0.3) is 28.4 Å². The second kappa shape index (κ2) is 9.57. The second-order valence-electron chi connectivity index (χ2n) is 8.58. The van der Waals surface area contributed by atoms with Crippen molar-refractivity contribution in [3.63, 3.8) is 0 Å². The van der Waals surface area contributed by atoms with Crippen molar-refractivity contribution < 1.29 is 28.2 Å². The summed E-state index contributed by atoms with van der Waals surface area (Å²) < 4.78 is 23.0. The number of ketones is 1. The van der Waals surface area contributed by atoms with Gasteiger partial charge in [0.1, 0.15) is 34.2 Å². The molecular weight excluding hydrogens is 504 g/mol. The van der Waals surface area contributed by atoms with E-state index in [1.807, 2.05) is 36.4 Å². The molecule has 0 aliphatic carbocycles. The van der Waals surface area contributed by atoms with Gasteiger partial charge < -0.3 is 18.6 Å². The van der Waals surface area contributed by atoms with E-state index in [-0.39, 0.29) is 22.9 Å². The fourth-order valence-corrected chi connectivity index (χ4v) is 4.53. The average molecular weight is 523 g/mol. The second-order valence-corrected chi connectivity index (χ2v) is 9.01. The van der Waals surface area contributed by atoms with Crippen LogP contribution >= 0.6 is 11.6 Å². The van der Waals surface area contributed by atoms with Gasteiger partial charge >= 0.3 is 5.97 Å². The fourth-order valence-electron chi connectivity index (χ4n) is 4.34. The summed E-state index contributed by atoms with van der Waals surface area (Å²) in [5.74, 6) is 0.767. The third-order valence-electron chi connectivity index (χ3n) is 6.13. The largest absolute Gasteiger partial charge is 0.497 e. The van der Waals surface area contributed by atoms with Crippen molar-refractivity contribution in [1.29, 1.82) is 0 Å². The average Bonchev–Trinajstić information content (AvgIpc) is 3.46. The molecule has 0 N–H and O–H groups in total. The molecule has 0 saturated heterocycles. The van der Waals surface area contributed by atoms with Crippen molar-refractivity contribution in [2.75, 3.05) is 7.11 Å². The highest BCUT2D eigenvalue weighted by molar-refractivity contribution is 6.30. The number of esters is 1. The number of allylic oxidation sites excluding steroid dienone is 1. The predicted molar refractivity (Wildman–Crippen MR) is 144 cm³/mol. The van der Waals surface area contributed by atoms with Crippen molar-refractivity contribution in [3.05, 3.63) is 118 Å². The normalized spacial score (nSPS) is 13.4. The Labute approximate surface area is 222 Å². The lowest BCUT2D eigenvalue weighted by Crippen LogP contribution is -2.09. The Kier molecular flexibility index (Phi) is 5.94. The highest BCUT2D eigenvalue weighted by atomic mass is 35.5. The number of benzene rings is 4. The number of hydrogen-bond acceptors (Lipinski definition) is 6. The number of hydrogen-bond donors (Lipinski definition) is 0. The Morgan fingerprint density at radius 3 is 2.50 bits per heavy atom. The van der Waals surface area contributed by atoms with Crippen molar-refractivity contribution in [2.45, 2.75) is 0 Å². The lowest BCUT2D eigenvalue weighted by atomic mass is 10.1. The lowest BCUT2D eigenvalue weighted by molar-refractivity contribution is 0.0736. The van der Waals surface area contributed by atoms with Crippen molar-refractivity contribution >= 4 is 40.4 Å². The molecule has 6 nitrogen and oxygen atoms in total. The molecule has 0 fully saturated rings. The van der Waals surface area contributed by atoms with E-state index in [1.165, 1.54) is 6.07 Å². The van der Waals surface area contributed by atoms with Crippen LogP contribution in [0.2, 0.25) is 5.02 Å². The number of carbonyl (C=O) groups is 2. The van der Waals surface area contributed by atoms with Crippen LogP contribution in [0.15, 0.2) is 101 Å². The predicted octanol–water partition coefficient (Wildman–Crippen LogP) is 7.60. The number of halogens is 1. The van der Waals surface area contributed by atoms with E-state index >= 15 is 0 Å². The molecule has 1 aliphatic rings. The quantitative estimate of drug-likeness (QED) is 0.134. The summed E-state index contributed by atoms with van der Waals surface area (Å²) in [5, 5.41) is 1.11. The molecule has 0 atom stereocenters. The molecule has 0 unspecified atom stereocenters. The molecule has 4 aromatic carbocycles. The first-order valence-corrected chi connectivity index (χ1v) is 12.1. The SMILES string of the molecule is COc1ccc2oc(-c3ccccc3)c(C(=O)Oc3ccc4c(c3)O/C(=C\c3cccc(Cl)c3)C4=O)c2c1. The van der Waals surface area contributed by atoms with Crippen molar-refractivity contribution in [1.82, 2.24) is 0 Å². The number of ether oxygens (including phenoxy) is 3. The van der Waals surface area contributed by atoms with Crippen LogP contribution < -0.4 is 14.2 Å². The molecule has 1 aliphatic heterocycles. The molecule has 0 radical (unpaired) electrons. The molecule has 7 heteroatoms. The van der Waals surface area contributed by atoms with Gasteiger partial charge in [0, 0.05) is 22.0 Å². The summed E-state index contributed by atoms with van der Waals surface area (Å²) in [7, 11) is 1.55. The van der Waals surface area contributed by atoms with Crippen LogP contribution in [0.1, 0.15) is 26.3 Å². The van der Waals surface area contributed by atoms with Gasteiger partial charge in [0.15, 0.2) is 5.76 Å². The molecule has 0 spiro atoms. The van der Waals surface area contributed by atoms with E-state index in [1.54, 1.807) is 61.7 Å². The van der Waals surface area contributed by atoms with E-state index in [0.29, 0.717) is 38.8 Å². The zero-order valence-electron chi connectivity index (χ0n) is 20.1. The third kappa shape index (κ3) is 4.31. The highest BCUT2D eigenvalue weighted by Crippen LogP contribution is 2.38. The van der Waals surface area contributed by atoms with Crippen molar-refractivity contribution in [2.24, 2.45) is 0 Å². The molecule has 38 heavy (non-hydrogen) atoms. The Morgan fingerprint density at radius 1 is 0.895 bits per heavy atom. The van der Waals surface area contributed by atoms with Crippen LogP contribution in [-0.4, -0.2) is 18.9 Å². The zero-order chi connectivity index (χ0) is 26.2. The van der Waals surface area contributed by atoms with Gasteiger partial charge in [-0.25, -0.2) is 4.79 Å². The molecule has 2 heterocycles. The standard InChI is InChI=1S/C31H19ClO6/c1-35-21-11-13-25-24(16-21)28(30(38-25)19-7-3-2-4-8-19)31(34)36-22-10-12-23-26(17-22)37-27(29(23)33)15-18-6-5-9-20(32)14-18/h2-17H,1H3/b27-15-.